The predicted octanol–water partition coefficient (Wildman–Crippen LogP) is 4.25. The van der Waals surface area contributed by atoms with E-state index in [4.69, 9.17) is 14.2 Å². The number of pyridine rings is 1. The standard InChI is InChI=1S/C21H22BrNO5/c1-12-17(20(24)26-3)19(14-6-4-7-15(22)10-14)18(13(2)23-12)21(25)28-11-16-8-5-9-27-16/h4,6-7,10,16H,5,8-9,11H2,1-3H3. The van der Waals surface area contributed by atoms with E-state index in [1.54, 1.807) is 13.8 Å². The van der Waals surface area contributed by atoms with Crippen molar-refractivity contribution in [1.82, 2.24) is 4.98 Å². The Hall–Kier alpha value is -2.25. The first kappa shape index (κ1) is 20.5. The Morgan fingerprint density at radius 2 is 1.93 bits per heavy atom. The SMILES string of the molecule is COC(=O)c1c(C)nc(C)c(C(=O)OCC2CCCO2)c1-c1cccc(Br)c1. The molecule has 0 amide bonds. The monoisotopic (exact) mass is 447 g/mol. The predicted molar refractivity (Wildman–Crippen MR) is 107 cm³/mol. The third kappa shape index (κ3) is 4.25. The van der Waals surface area contributed by atoms with Gasteiger partial charge in [-0.25, -0.2) is 9.59 Å². The van der Waals surface area contributed by atoms with Gasteiger partial charge in [-0.3, -0.25) is 4.98 Å². The molecule has 0 N–H and O–H groups in total. The Morgan fingerprint density at radius 1 is 1.21 bits per heavy atom. The van der Waals surface area contributed by atoms with Crippen molar-refractivity contribution in [2.45, 2.75) is 32.8 Å². The molecule has 1 aromatic carbocycles. The topological polar surface area (TPSA) is 74.7 Å². The Balaban J connectivity index is 2.11. The van der Waals surface area contributed by atoms with Crippen LogP contribution in [0.15, 0.2) is 28.7 Å². The average molecular weight is 448 g/mol. The van der Waals surface area contributed by atoms with E-state index in [-0.39, 0.29) is 23.8 Å². The summed E-state index contributed by atoms with van der Waals surface area (Å²) < 4.78 is 16.8. The van der Waals surface area contributed by atoms with Crippen LogP contribution in [0.1, 0.15) is 44.9 Å². The van der Waals surface area contributed by atoms with Gasteiger partial charge in [0.1, 0.15) is 6.61 Å². The highest BCUT2D eigenvalue weighted by Gasteiger charge is 2.28. The van der Waals surface area contributed by atoms with Gasteiger partial charge < -0.3 is 14.2 Å². The number of carbonyl (C=O) groups excluding carboxylic acids is 2. The minimum absolute atomic E-state index is 0.0861. The molecule has 1 atom stereocenters. The van der Waals surface area contributed by atoms with E-state index in [9.17, 15) is 9.59 Å². The van der Waals surface area contributed by atoms with Crippen molar-refractivity contribution in [3.05, 3.63) is 51.3 Å². The number of hydrogen-bond acceptors (Lipinski definition) is 6. The fourth-order valence-corrected chi connectivity index (χ4v) is 3.80. The number of benzene rings is 1. The molecule has 2 heterocycles. The lowest BCUT2D eigenvalue weighted by molar-refractivity contribution is 0.0161. The van der Waals surface area contributed by atoms with Gasteiger partial charge in [-0.05, 0) is 44.4 Å². The van der Waals surface area contributed by atoms with Crippen LogP contribution < -0.4 is 0 Å². The molecule has 3 rings (SSSR count). The Morgan fingerprint density at radius 3 is 2.54 bits per heavy atom. The number of esters is 2. The van der Waals surface area contributed by atoms with E-state index >= 15 is 0 Å². The first-order chi connectivity index (χ1) is 13.4. The van der Waals surface area contributed by atoms with Crippen LogP contribution >= 0.6 is 15.9 Å². The number of aromatic nitrogens is 1. The molecule has 0 radical (unpaired) electrons. The van der Waals surface area contributed by atoms with E-state index in [2.05, 4.69) is 20.9 Å². The van der Waals surface area contributed by atoms with Gasteiger partial charge in [-0.2, -0.15) is 0 Å². The first-order valence-electron chi connectivity index (χ1n) is 9.06. The highest BCUT2D eigenvalue weighted by Crippen LogP contribution is 2.34. The summed E-state index contributed by atoms with van der Waals surface area (Å²) in [5.41, 5.74) is 2.69. The maximum absolute atomic E-state index is 13.0. The summed E-state index contributed by atoms with van der Waals surface area (Å²) in [5, 5.41) is 0. The minimum Gasteiger partial charge on any atom is -0.465 e. The van der Waals surface area contributed by atoms with E-state index in [0.717, 1.165) is 17.3 Å². The summed E-state index contributed by atoms with van der Waals surface area (Å²) in [4.78, 5) is 29.9. The lowest BCUT2D eigenvalue weighted by Crippen LogP contribution is -2.21. The number of methoxy groups -OCH3 is 1. The van der Waals surface area contributed by atoms with Crippen LogP contribution in [0.3, 0.4) is 0 Å². The molecule has 2 aromatic rings. The highest BCUT2D eigenvalue weighted by molar-refractivity contribution is 9.10. The second kappa shape index (κ2) is 8.84. The maximum atomic E-state index is 13.0. The summed E-state index contributed by atoms with van der Waals surface area (Å²) in [6, 6.07) is 7.39. The van der Waals surface area contributed by atoms with Crippen LogP contribution in [0.5, 0.6) is 0 Å². The maximum Gasteiger partial charge on any atom is 0.340 e. The van der Waals surface area contributed by atoms with Crippen molar-refractivity contribution in [1.29, 1.82) is 0 Å². The van der Waals surface area contributed by atoms with Crippen LogP contribution in [0.4, 0.5) is 0 Å². The van der Waals surface area contributed by atoms with E-state index in [0.29, 0.717) is 29.1 Å². The molecular weight excluding hydrogens is 426 g/mol. The minimum atomic E-state index is -0.548. The quantitative estimate of drug-likeness (QED) is 0.637. The third-order valence-electron chi connectivity index (χ3n) is 4.69. The van der Waals surface area contributed by atoms with Crippen molar-refractivity contribution in [3.63, 3.8) is 0 Å². The smallest absolute Gasteiger partial charge is 0.340 e. The Labute approximate surface area is 172 Å². The molecule has 1 aliphatic heterocycles. The van der Waals surface area contributed by atoms with Gasteiger partial charge in [-0.1, -0.05) is 28.1 Å². The number of rotatable bonds is 5. The third-order valence-corrected chi connectivity index (χ3v) is 5.18. The summed E-state index contributed by atoms with van der Waals surface area (Å²) in [6.45, 7) is 4.32. The zero-order valence-corrected chi connectivity index (χ0v) is 17.7. The van der Waals surface area contributed by atoms with Gasteiger partial charge in [0.15, 0.2) is 0 Å². The van der Waals surface area contributed by atoms with Crippen molar-refractivity contribution in [2.75, 3.05) is 20.3 Å². The zero-order valence-electron chi connectivity index (χ0n) is 16.1. The molecule has 7 heteroatoms. The lowest BCUT2D eigenvalue weighted by Gasteiger charge is -2.18. The number of hydrogen-bond donors (Lipinski definition) is 0. The average Bonchev–Trinajstić information content (AvgIpc) is 3.18. The molecule has 1 fully saturated rings. The first-order valence-corrected chi connectivity index (χ1v) is 9.85. The molecule has 1 saturated heterocycles. The second-order valence-electron chi connectivity index (χ2n) is 6.64. The number of nitrogens with zero attached hydrogens (tertiary/aromatic N) is 1. The van der Waals surface area contributed by atoms with Gasteiger partial charge in [0.25, 0.3) is 0 Å². The van der Waals surface area contributed by atoms with Crippen molar-refractivity contribution < 1.29 is 23.8 Å². The summed E-state index contributed by atoms with van der Waals surface area (Å²) in [5.74, 6) is -1.08. The Kier molecular flexibility index (Phi) is 6.46. The molecule has 148 valence electrons. The number of aryl methyl sites for hydroxylation is 2. The largest absolute Gasteiger partial charge is 0.465 e. The van der Waals surface area contributed by atoms with Gasteiger partial charge >= 0.3 is 11.9 Å². The molecule has 0 bridgehead atoms. The van der Waals surface area contributed by atoms with Crippen LogP contribution in [0.2, 0.25) is 0 Å². The zero-order chi connectivity index (χ0) is 20.3. The van der Waals surface area contributed by atoms with Gasteiger partial charge in [0.05, 0.1) is 35.7 Å². The molecular formula is C21H22BrNO5. The normalized spacial score (nSPS) is 16.1. The van der Waals surface area contributed by atoms with Gasteiger partial charge in [0, 0.05) is 16.6 Å². The van der Waals surface area contributed by atoms with Crippen molar-refractivity contribution in [3.8, 4) is 11.1 Å². The highest BCUT2D eigenvalue weighted by atomic mass is 79.9. The molecule has 0 saturated carbocycles. The molecule has 0 aliphatic carbocycles. The summed E-state index contributed by atoms with van der Waals surface area (Å²) >= 11 is 3.45. The number of carbonyl (C=O) groups is 2. The Bertz CT molecular complexity index is 906. The van der Waals surface area contributed by atoms with Gasteiger partial charge in [0.2, 0.25) is 0 Å². The fourth-order valence-electron chi connectivity index (χ4n) is 3.40. The van der Waals surface area contributed by atoms with Crippen LogP contribution in [-0.4, -0.2) is 43.4 Å². The molecule has 1 unspecified atom stereocenters. The van der Waals surface area contributed by atoms with Crippen molar-refractivity contribution >= 4 is 27.9 Å². The molecule has 6 nitrogen and oxygen atoms in total. The van der Waals surface area contributed by atoms with E-state index in [1.807, 2.05) is 24.3 Å². The summed E-state index contributed by atoms with van der Waals surface area (Å²) in [6.07, 6.45) is 1.74. The number of ether oxygens (including phenoxy) is 3. The molecule has 1 aromatic heterocycles. The second-order valence-corrected chi connectivity index (χ2v) is 7.56. The van der Waals surface area contributed by atoms with Crippen molar-refractivity contribution in [2.24, 2.45) is 0 Å². The fraction of sp³-hybridized carbons (Fsp3) is 0.381. The van der Waals surface area contributed by atoms with E-state index in [1.165, 1.54) is 7.11 Å². The van der Waals surface area contributed by atoms with E-state index < -0.39 is 11.9 Å². The molecule has 0 spiro atoms. The van der Waals surface area contributed by atoms with Gasteiger partial charge in [-0.15, -0.1) is 0 Å². The van der Waals surface area contributed by atoms with Crippen LogP contribution in [-0.2, 0) is 14.2 Å². The molecule has 28 heavy (non-hydrogen) atoms. The van der Waals surface area contributed by atoms with Crippen LogP contribution in [0.25, 0.3) is 11.1 Å². The number of halogens is 1. The van der Waals surface area contributed by atoms with Crippen LogP contribution in [0, 0.1) is 13.8 Å². The summed E-state index contributed by atoms with van der Waals surface area (Å²) in [7, 11) is 1.31. The molecule has 1 aliphatic rings. The lowest BCUT2D eigenvalue weighted by atomic mass is 9.92.